The molecule has 4 heteroatoms. The number of hydrogen-bond donors (Lipinski definition) is 0. The smallest absolute Gasteiger partial charge is 0 e. The second-order valence-electron chi connectivity index (χ2n) is 0.167. The molecule has 0 amide bonds. The van der Waals surface area contributed by atoms with Gasteiger partial charge in [0.25, 0.3) is 0 Å². The molecule has 0 saturated heterocycles. The van der Waals surface area contributed by atoms with Crippen LogP contribution < -0.4 is 0 Å². The molecule has 0 nitrogen and oxygen atoms in total. The fourth-order valence-electron chi connectivity index (χ4n) is 0. The number of rotatable bonds is 0. The maximum atomic E-state index is 4.31. The Balaban J connectivity index is -0.0000000200. The molecule has 0 fully saturated rings. The zero-order valence-corrected chi connectivity index (χ0v) is 5.40. The average molecular weight is 149 g/mol. The summed E-state index contributed by atoms with van der Waals surface area (Å²) < 4.78 is 0. The van der Waals surface area contributed by atoms with Gasteiger partial charge in [-0.05, 0) is 6.26 Å². The van der Waals surface area contributed by atoms with Crippen molar-refractivity contribution < 1.29 is 16.8 Å². The van der Waals surface area contributed by atoms with Crippen LogP contribution in [0, 0.1) is 0 Å². The molecule has 0 spiro atoms. The van der Waals surface area contributed by atoms with Crippen molar-refractivity contribution in [1.82, 2.24) is 0 Å². The van der Waals surface area contributed by atoms with E-state index < -0.39 is 0 Å². The van der Waals surface area contributed by atoms with E-state index in [0.29, 0.717) is 0 Å². The molecule has 0 heterocycles. The van der Waals surface area contributed by atoms with Crippen LogP contribution in [-0.4, -0.2) is 14.7 Å². The van der Waals surface area contributed by atoms with Crippen LogP contribution in [0.15, 0.2) is 0 Å². The minimum atomic E-state index is 0. The van der Waals surface area contributed by atoms with Gasteiger partial charge in [0.2, 0.25) is 0 Å². The van der Waals surface area contributed by atoms with Crippen LogP contribution in [0.2, 0.25) is 0 Å². The quantitative estimate of drug-likeness (QED) is 0.278. The Morgan fingerprint density at radius 2 is 1.60 bits per heavy atom. The summed E-state index contributed by atoms with van der Waals surface area (Å²) in [5.41, 5.74) is 0. The van der Waals surface area contributed by atoms with Gasteiger partial charge in [-0.1, -0.05) is 0 Å². The molecule has 0 N–H and O–H groups in total. The second kappa shape index (κ2) is 18.6. The summed E-state index contributed by atoms with van der Waals surface area (Å²) in [6.45, 7) is 0. The van der Waals surface area contributed by atoms with Crippen LogP contribution in [0.4, 0.5) is 0 Å². The fraction of sp³-hybridized carbons (Fsp3) is 1.00. The molecule has 0 saturated carbocycles. The summed E-state index contributed by atoms with van der Waals surface area (Å²) in [6, 6.07) is 0. The SMILES string of the molecule is CS[S-].[B].[Co]. The third kappa shape index (κ3) is 34.9. The maximum Gasteiger partial charge on any atom is 0 e. The third-order valence-corrected chi connectivity index (χ3v) is 0. The van der Waals surface area contributed by atoms with Crippen molar-refractivity contribution in [3.8, 4) is 0 Å². The molecule has 0 atom stereocenters. The molecule has 0 rings (SSSR count). The van der Waals surface area contributed by atoms with E-state index in [1.807, 2.05) is 6.26 Å². The normalized spacial score (nSPS) is 3.60. The summed E-state index contributed by atoms with van der Waals surface area (Å²) in [6.07, 6.45) is 1.86. The standard InChI is InChI=1S/CH4S2.B.Co/c1-3-2;;/h2H,1H3;;/p-1. The molecule has 0 aliphatic heterocycles. The first-order chi connectivity index (χ1) is 1.41. The van der Waals surface area contributed by atoms with E-state index in [2.05, 4.69) is 11.7 Å². The zero-order chi connectivity index (χ0) is 2.71. The first-order valence-corrected chi connectivity index (χ1v) is 2.72. The Bertz CT molecular complexity index is 9.61. The summed E-state index contributed by atoms with van der Waals surface area (Å²) in [5, 5.41) is 0. The Labute approximate surface area is 54.1 Å². The van der Waals surface area contributed by atoms with Crippen LogP contribution >= 0.6 is 10.8 Å². The topological polar surface area (TPSA) is 0 Å². The van der Waals surface area contributed by atoms with Crippen LogP contribution in [0.25, 0.3) is 0 Å². The van der Waals surface area contributed by atoms with E-state index >= 15 is 0 Å². The van der Waals surface area contributed by atoms with E-state index in [9.17, 15) is 0 Å². The third-order valence-electron chi connectivity index (χ3n) is 0. The van der Waals surface area contributed by atoms with Crippen molar-refractivity contribution in [1.29, 1.82) is 0 Å². The van der Waals surface area contributed by atoms with Crippen molar-refractivity contribution in [2.45, 2.75) is 0 Å². The molecular weight excluding hydrogens is 146 g/mol. The zero-order valence-electron chi connectivity index (χ0n) is 2.73. The van der Waals surface area contributed by atoms with Gasteiger partial charge < -0.3 is 22.5 Å². The van der Waals surface area contributed by atoms with Gasteiger partial charge in [0.05, 0.1) is 0 Å². The van der Waals surface area contributed by atoms with Gasteiger partial charge in [0.1, 0.15) is 0 Å². The Morgan fingerprint density at radius 1 is 1.60 bits per heavy atom. The van der Waals surface area contributed by atoms with E-state index in [4.69, 9.17) is 0 Å². The molecule has 32 valence electrons. The van der Waals surface area contributed by atoms with E-state index in [1.54, 1.807) is 0 Å². The first-order valence-electron chi connectivity index (χ1n) is 0.575. The molecule has 0 aromatic carbocycles. The summed E-state index contributed by atoms with van der Waals surface area (Å²) >= 11 is 4.31. The Kier molecular flexibility index (Phi) is 60.7. The predicted octanol–water partition coefficient (Wildman–Crippen LogP) is 0.428. The van der Waals surface area contributed by atoms with Crippen LogP contribution in [0.5, 0.6) is 0 Å². The molecule has 0 aliphatic carbocycles. The molecule has 0 aromatic rings. The Morgan fingerprint density at radius 3 is 1.60 bits per heavy atom. The van der Waals surface area contributed by atoms with Gasteiger partial charge >= 0.3 is 0 Å². The van der Waals surface area contributed by atoms with E-state index in [0.717, 1.165) is 0 Å². The molecule has 0 aromatic heterocycles. The molecule has 0 bridgehead atoms. The van der Waals surface area contributed by atoms with E-state index in [1.165, 1.54) is 10.8 Å². The predicted molar refractivity (Wildman–Crippen MR) is 26.6 cm³/mol. The van der Waals surface area contributed by atoms with Crippen molar-refractivity contribution in [3.05, 3.63) is 0 Å². The van der Waals surface area contributed by atoms with Crippen molar-refractivity contribution >= 4 is 30.9 Å². The van der Waals surface area contributed by atoms with Gasteiger partial charge in [0.15, 0.2) is 0 Å². The monoisotopic (exact) mass is 149 g/mol. The summed E-state index contributed by atoms with van der Waals surface area (Å²) in [4.78, 5) is 0. The van der Waals surface area contributed by atoms with Gasteiger partial charge in [-0.25, -0.2) is 0 Å². The Hall–Kier alpha value is 1.27. The van der Waals surface area contributed by atoms with Crippen molar-refractivity contribution in [2.24, 2.45) is 0 Å². The maximum absolute atomic E-state index is 4.31. The van der Waals surface area contributed by atoms with Gasteiger partial charge in [-0.3, -0.25) is 0 Å². The van der Waals surface area contributed by atoms with Gasteiger partial charge in [0, 0.05) is 25.2 Å². The number of hydrogen-bond acceptors (Lipinski definition) is 2. The van der Waals surface area contributed by atoms with Crippen LogP contribution in [0.3, 0.4) is 0 Å². The molecule has 0 aliphatic rings. The van der Waals surface area contributed by atoms with Gasteiger partial charge in [-0.2, -0.15) is 0 Å². The van der Waals surface area contributed by atoms with Crippen LogP contribution in [-0.2, 0) is 28.4 Å². The minimum absolute atomic E-state index is 0. The molecule has 5 heavy (non-hydrogen) atoms. The first kappa shape index (κ1) is 16.3. The summed E-state index contributed by atoms with van der Waals surface area (Å²) in [7, 11) is 1.33. The fourth-order valence-corrected chi connectivity index (χ4v) is 0. The molecule has 0 unspecified atom stereocenters. The second-order valence-corrected chi connectivity index (χ2v) is 1.50. The van der Waals surface area contributed by atoms with Crippen molar-refractivity contribution in [2.75, 3.05) is 6.26 Å². The molecule has 4 radical (unpaired) electrons. The van der Waals surface area contributed by atoms with E-state index in [-0.39, 0.29) is 25.2 Å². The summed E-state index contributed by atoms with van der Waals surface area (Å²) in [5.74, 6) is 0. The van der Waals surface area contributed by atoms with Crippen molar-refractivity contribution in [3.63, 3.8) is 0 Å². The van der Waals surface area contributed by atoms with Gasteiger partial charge in [-0.15, -0.1) is 0 Å². The minimum Gasteiger partial charge on any atom is -0.719 e. The molecular formula is CH3BCoS2-. The average Bonchev–Trinajstić information content (AvgIpc) is 0.918. The van der Waals surface area contributed by atoms with Crippen LogP contribution in [0.1, 0.15) is 0 Å². The largest absolute Gasteiger partial charge is 0.719 e.